The Balaban J connectivity index is 2.51. The Hall–Kier alpha value is -0.910. The average Bonchev–Trinajstić information content (AvgIpc) is 2.16. The van der Waals surface area contributed by atoms with E-state index < -0.39 is 12.1 Å². The summed E-state index contributed by atoms with van der Waals surface area (Å²) < 4.78 is 4.00. The molecular weight excluding hydrogens is 212 g/mol. The third-order valence-electron chi connectivity index (χ3n) is 2.69. The summed E-state index contributed by atoms with van der Waals surface area (Å²) in [5.74, 6) is -0.579. The number of aliphatic hydroxyl groups is 3. The molecule has 0 aromatic carbocycles. The van der Waals surface area contributed by atoms with Crippen LogP contribution in [0, 0.1) is 5.92 Å². The van der Waals surface area contributed by atoms with Crippen LogP contribution in [-0.4, -0.2) is 27.4 Å². The van der Waals surface area contributed by atoms with Gasteiger partial charge >= 0.3 is 12.1 Å². The van der Waals surface area contributed by atoms with Crippen LogP contribution >= 0.6 is 0 Å². The van der Waals surface area contributed by atoms with Crippen molar-refractivity contribution in [1.82, 2.24) is 0 Å². The van der Waals surface area contributed by atoms with Crippen molar-refractivity contribution in [3.63, 3.8) is 0 Å². The summed E-state index contributed by atoms with van der Waals surface area (Å²) in [6.45, 7) is 1.53. The van der Waals surface area contributed by atoms with Crippen molar-refractivity contribution in [3.8, 4) is 0 Å². The van der Waals surface area contributed by atoms with Gasteiger partial charge in [0.2, 0.25) is 0 Å². The fourth-order valence-corrected chi connectivity index (χ4v) is 1.93. The van der Waals surface area contributed by atoms with Crippen LogP contribution < -0.4 is 0 Å². The Bertz CT molecular complexity index is 271. The van der Waals surface area contributed by atoms with Crippen LogP contribution in [-0.2, 0) is 9.53 Å². The molecular formula is C11H18O5. The largest absolute Gasteiger partial charge is 0.455 e. The monoisotopic (exact) mass is 230 g/mol. The van der Waals surface area contributed by atoms with Crippen LogP contribution in [0.15, 0.2) is 11.6 Å². The number of carbonyl (C=O) groups excluding carboxylic acids is 1. The highest BCUT2D eigenvalue weighted by atomic mass is 16.9. The maximum Gasteiger partial charge on any atom is 0.455 e. The minimum absolute atomic E-state index is 0.286. The Morgan fingerprint density at radius 1 is 1.25 bits per heavy atom. The lowest BCUT2D eigenvalue weighted by atomic mass is 9.88. The lowest BCUT2D eigenvalue weighted by Crippen LogP contribution is -2.34. The van der Waals surface area contributed by atoms with Gasteiger partial charge < -0.3 is 20.1 Å². The van der Waals surface area contributed by atoms with E-state index >= 15 is 0 Å². The van der Waals surface area contributed by atoms with Crippen molar-refractivity contribution in [3.05, 3.63) is 11.6 Å². The van der Waals surface area contributed by atoms with E-state index in [1.54, 1.807) is 6.08 Å². The number of ether oxygens (including phenoxy) is 1. The third-order valence-corrected chi connectivity index (χ3v) is 2.69. The fraction of sp³-hybridized carbons (Fsp3) is 0.727. The maximum atomic E-state index is 11.3. The molecule has 5 nitrogen and oxygen atoms in total. The first kappa shape index (κ1) is 13.2. The molecule has 0 heterocycles. The van der Waals surface area contributed by atoms with E-state index in [4.69, 9.17) is 15.3 Å². The Kier molecular flexibility index (Phi) is 4.46. The smallest absolute Gasteiger partial charge is 0.381 e. The van der Waals surface area contributed by atoms with Crippen molar-refractivity contribution in [1.29, 1.82) is 0 Å². The van der Waals surface area contributed by atoms with E-state index in [0.717, 1.165) is 25.7 Å². The SMILES string of the molecule is CC(=CC1CCCCC1)C(=O)OC(O)(O)O. The molecule has 0 aromatic rings. The molecule has 0 bridgehead atoms. The van der Waals surface area contributed by atoms with E-state index in [9.17, 15) is 4.79 Å². The average molecular weight is 230 g/mol. The summed E-state index contributed by atoms with van der Waals surface area (Å²) in [7, 11) is 0. The van der Waals surface area contributed by atoms with Crippen molar-refractivity contribution in [2.24, 2.45) is 5.92 Å². The van der Waals surface area contributed by atoms with E-state index in [0.29, 0.717) is 5.92 Å². The highest BCUT2D eigenvalue weighted by Gasteiger charge is 2.25. The molecule has 0 aliphatic heterocycles. The fourth-order valence-electron chi connectivity index (χ4n) is 1.93. The van der Waals surface area contributed by atoms with Gasteiger partial charge in [-0.25, -0.2) is 4.79 Å². The van der Waals surface area contributed by atoms with E-state index in [1.807, 2.05) is 0 Å². The first-order chi connectivity index (χ1) is 7.38. The molecule has 0 saturated heterocycles. The lowest BCUT2D eigenvalue weighted by molar-refractivity contribution is -0.434. The molecule has 1 saturated carbocycles. The Morgan fingerprint density at radius 2 is 1.81 bits per heavy atom. The molecule has 1 fully saturated rings. The van der Waals surface area contributed by atoms with Gasteiger partial charge in [-0.15, -0.1) is 0 Å². The van der Waals surface area contributed by atoms with Gasteiger partial charge in [0.1, 0.15) is 0 Å². The topological polar surface area (TPSA) is 87.0 Å². The Labute approximate surface area is 94.4 Å². The van der Waals surface area contributed by atoms with Gasteiger partial charge in [0.05, 0.1) is 0 Å². The molecule has 5 heteroatoms. The molecule has 0 aromatic heterocycles. The third kappa shape index (κ3) is 4.74. The summed E-state index contributed by atoms with van der Waals surface area (Å²) in [4.78, 5) is 11.3. The number of carbonyl (C=O) groups is 1. The molecule has 1 rings (SSSR count). The number of rotatable bonds is 3. The summed E-state index contributed by atoms with van der Waals surface area (Å²) in [5, 5.41) is 25.5. The zero-order valence-electron chi connectivity index (χ0n) is 9.35. The quantitative estimate of drug-likeness (QED) is 0.376. The molecule has 92 valence electrons. The molecule has 0 atom stereocenters. The number of esters is 1. The Morgan fingerprint density at radius 3 is 2.31 bits per heavy atom. The van der Waals surface area contributed by atoms with Crippen LogP contribution in [0.2, 0.25) is 0 Å². The van der Waals surface area contributed by atoms with E-state index in [2.05, 4.69) is 4.74 Å². The normalized spacial score (nSPS) is 19.6. The van der Waals surface area contributed by atoms with Crippen molar-refractivity contribution >= 4 is 5.97 Å². The summed E-state index contributed by atoms with van der Waals surface area (Å²) in [6, 6.07) is 0. The standard InChI is InChI=1S/C11H18O5/c1-8(10(12)16-11(13,14)15)7-9-5-3-2-4-6-9/h7,9,13-15H,2-6H2,1H3. The minimum Gasteiger partial charge on any atom is -0.381 e. The van der Waals surface area contributed by atoms with Crippen LogP contribution in [0.1, 0.15) is 39.0 Å². The predicted molar refractivity (Wildman–Crippen MR) is 55.8 cm³/mol. The zero-order chi connectivity index (χ0) is 12.2. The molecule has 0 spiro atoms. The van der Waals surface area contributed by atoms with E-state index in [1.165, 1.54) is 13.3 Å². The number of hydrogen-bond donors (Lipinski definition) is 3. The second-order valence-electron chi connectivity index (χ2n) is 4.21. The van der Waals surface area contributed by atoms with Crippen molar-refractivity contribution in [2.45, 2.75) is 45.2 Å². The molecule has 1 aliphatic rings. The highest BCUT2D eigenvalue weighted by Crippen LogP contribution is 2.25. The summed E-state index contributed by atoms with van der Waals surface area (Å²) in [5.41, 5.74) is 0.286. The summed E-state index contributed by atoms with van der Waals surface area (Å²) in [6.07, 6.45) is 3.97. The van der Waals surface area contributed by atoms with Crippen molar-refractivity contribution < 1.29 is 24.9 Å². The molecule has 3 N–H and O–H groups in total. The first-order valence-corrected chi connectivity index (χ1v) is 5.47. The van der Waals surface area contributed by atoms with Crippen LogP contribution in [0.4, 0.5) is 0 Å². The van der Waals surface area contributed by atoms with Gasteiger partial charge in [0.25, 0.3) is 0 Å². The van der Waals surface area contributed by atoms with Gasteiger partial charge in [0.15, 0.2) is 0 Å². The first-order valence-electron chi connectivity index (χ1n) is 5.47. The predicted octanol–water partition coefficient (Wildman–Crippen LogP) is 0.644. The second-order valence-corrected chi connectivity index (χ2v) is 4.21. The molecule has 0 unspecified atom stereocenters. The van der Waals surface area contributed by atoms with E-state index in [-0.39, 0.29) is 5.57 Å². The van der Waals surface area contributed by atoms with Crippen LogP contribution in [0.25, 0.3) is 0 Å². The van der Waals surface area contributed by atoms with Crippen LogP contribution in [0.3, 0.4) is 0 Å². The highest BCUT2D eigenvalue weighted by molar-refractivity contribution is 5.87. The number of allylic oxidation sites excluding steroid dienone is 1. The second kappa shape index (κ2) is 5.43. The van der Waals surface area contributed by atoms with Crippen LogP contribution in [0.5, 0.6) is 0 Å². The van der Waals surface area contributed by atoms with Crippen molar-refractivity contribution in [2.75, 3.05) is 0 Å². The minimum atomic E-state index is -3.39. The zero-order valence-corrected chi connectivity index (χ0v) is 9.35. The molecule has 0 amide bonds. The van der Waals surface area contributed by atoms with Gasteiger partial charge in [-0.05, 0) is 25.7 Å². The van der Waals surface area contributed by atoms with Gasteiger partial charge in [-0.1, -0.05) is 25.3 Å². The molecule has 16 heavy (non-hydrogen) atoms. The molecule has 0 radical (unpaired) electrons. The number of hydrogen-bond acceptors (Lipinski definition) is 5. The maximum absolute atomic E-state index is 11.3. The van der Waals surface area contributed by atoms with Gasteiger partial charge in [-0.2, -0.15) is 0 Å². The van der Waals surface area contributed by atoms with Gasteiger partial charge in [-0.3, -0.25) is 0 Å². The summed E-state index contributed by atoms with van der Waals surface area (Å²) >= 11 is 0. The lowest BCUT2D eigenvalue weighted by Gasteiger charge is -2.19. The molecule has 1 aliphatic carbocycles. The van der Waals surface area contributed by atoms with Gasteiger partial charge in [0, 0.05) is 5.57 Å².